The Morgan fingerprint density at radius 2 is 0.691 bits per heavy atom. The van der Waals surface area contributed by atoms with Crippen molar-refractivity contribution in [2.75, 3.05) is 6.61 Å². The molecule has 4 nitrogen and oxygen atoms in total. The van der Waals surface area contributed by atoms with E-state index in [1.807, 2.05) is 0 Å². The average molecular weight is 776 g/mol. The average Bonchev–Trinajstić information content (AvgIpc) is 3.19. The zero-order valence-electron chi connectivity index (χ0n) is 37.7. The van der Waals surface area contributed by atoms with E-state index in [1.54, 1.807) is 0 Å². The third-order valence-electron chi connectivity index (χ3n) is 12.0. The van der Waals surface area contributed by atoms with Crippen molar-refractivity contribution in [3.63, 3.8) is 0 Å². The van der Waals surface area contributed by atoms with E-state index in [9.17, 15) is 15.0 Å². The highest BCUT2D eigenvalue weighted by atomic mass is 16.3. The number of hydrogen-bond acceptors (Lipinski definition) is 3. The van der Waals surface area contributed by atoms with Crippen LogP contribution < -0.4 is 5.32 Å². The molecule has 0 saturated carbocycles. The molecule has 4 heteroatoms. The van der Waals surface area contributed by atoms with Crippen molar-refractivity contribution in [2.24, 2.45) is 0 Å². The van der Waals surface area contributed by atoms with Crippen molar-refractivity contribution < 1.29 is 15.0 Å². The van der Waals surface area contributed by atoms with E-state index < -0.39 is 12.1 Å². The minimum Gasteiger partial charge on any atom is -0.394 e. The number of nitrogens with one attached hydrogen (secondary N) is 1. The van der Waals surface area contributed by atoms with Gasteiger partial charge in [0.25, 0.3) is 0 Å². The predicted molar refractivity (Wildman–Crippen MR) is 244 cm³/mol. The summed E-state index contributed by atoms with van der Waals surface area (Å²) >= 11 is 0. The van der Waals surface area contributed by atoms with Crippen LogP contribution in [0.15, 0.2) is 12.2 Å². The molecule has 0 aromatic carbocycles. The van der Waals surface area contributed by atoms with Gasteiger partial charge in [-0.3, -0.25) is 4.79 Å². The summed E-state index contributed by atoms with van der Waals surface area (Å²) in [6.07, 6.45) is 60.3. The molecule has 0 saturated heterocycles. The molecule has 0 heterocycles. The van der Waals surface area contributed by atoms with E-state index in [2.05, 4.69) is 31.3 Å². The van der Waals surface area contributed by atoms with Crippen molar-refractivity contribution in [1.82, 2.24) is 5.32 Å². The summed E-state index contributed by atoms with van der Waals surface area (Å²) in [6.45, 7) is 4.39. The highest BCUT2D eigenvalue weighted by molar-refractivity contribution is 5.76. The molecule has 0 aliphatic rings. The van der Waals surface area contributed by atoms with Crippen LogP contribution in [0.5, 0.6) is 0 Å². The normalized spacial score (nSPS) is 12.9. The molecule has 0 fully saturated rings. The van der Waals surface area contributed by atoms with Gasteiger partial charge in [0.15, 0.2) is 0 Å². The Balaban J connectivity index is 3.46. The Kier molecular flexibility index (Phi) is 46.8. The molecular formula is C51H101NO3. The summed E-state index contributed by atoms with van der Waals surface area (Å²) in [5.41, 5.74) is 0. The number of rotatable bonds is 47. The number of carbonyl (C=O) groups is 1. The number of hydrogen-bond donors (Lipinski definition) is 3. The first-order valence-electron chi connectivity index (χ1n) is 25.4. The number of allylic oxidation sites excluding steroid dienone is 2. The molecule has 0 bridgehead atoms. The maximum atomic E-state index is 12.5. The molecule has 2 unspecified atom stereocenters. The van der Waals surface area contributed by atoms with Crippen LogP contribution in [0, 0.1) is 0 Å². The fraction of sp³-hybridized carbons (Fsp3) is 0.941. The summed E-state index contributed by atoms with van der Waals surface area (Å²) in [7, 11) is 0. The molecule has 328 valence electrons. The fourth-order valence-electron chi connectivity index (χ4n) is 8.12. The van der Waals surface area contributed by atoms with Gasteiger partial charge in [0.1, 0.15) is 0 Å². The Hall–Kier alpha value is -0.870. The third kappa shape index (κ3) is 44.1. The minimum atomic E-state index is -0.658. The van der Waals surface area contributed by atoms with E-state index >= 15 is 0 Å². The Morgan fingerprint density at radius 3 is 1.00 bits per heavy atom. The molecule has 0 radical (unpaired) electrons. The largest absolute Gasteiger partial charge is 0.394 e. The fourth-order valence-corrected chi connectivity index (χ4v) is 8.12. The van der Waals surface area contributed by atoms with Gasteiger partial charge in [0, 0.05) is 6.42 Å². The van der Waals surface area contributed by atoms with Gasteiger partial charge < -0.3 is 15.5 Å². The number of carbonyl (C=O) groups excluding carboxylic acids is 1. The molecule has 0 rings (SSSR count). The maximum absolute atomic E-state index is 12.5. The van der Waals surface area contributed by atoms with E-state index in [4.69, 9.17) is 0 Å². The van der Waals surface area contributed by atoms with Crippen LogP contribution in [0.3, 0.4) is 0 Å². The summed E-state index contributed by atoms with van der Waals surface area (Å²) in [5, 5.41) is 23.3. The monoisotopic (exact) mass is 776 g/mol. The maximum Gasteiger partial charge on any atom is 0.220 e. The molecule has 0 spiro atoms. The summed E-state index contributed by atoms with van der Waals surface area (Å²) < 4.78 is 0. The van der Waals surface area contributed by atoms with Crippen molar-refractivity contribution in [2.45, 2.75) is 302 Å². The standard InChI is InChI=1S/C51H101NO3/c1-3-5-7-9-11-13-15-17-19-21-23-25-27-28-30-32-34-36-38-40-42-44-46-50(54)49(48-53)52-51(55)47-45-43-41-39-37-35-33-31-29-26-24-22-20-18-16-14-12-10-8-6-4-2/h22,24,49-50,53-54H,3-21,23,25-48H2,1-2H3,(H,52,55)/b24-22-. The first kappa shape index (κ1) is 54.1. The van der Waals surface area contributed by atoms with E-state index in [1.165, 1.54) is 238 Å². The Labute approximate surface area is 346 Å². The van der Waals surface area contributed by atoms with Crippen molar-refractivity contribution in [3.05, 3.63) is 12.2 Å². The Bertz CT molecular complexity index is 754. The van der Waals surface area contributed by atoms with Crippen molar-refractivity contribution >= 4 is 5.91 Å². The molecule has 3 N–H and O–H groups in total. The number of aliphatic hydroxyl groups excluding tert-OH is 2. The quantitative estimate of drug-likeness (QED) is 0.0426. The second-order valence-corrected chi connectivity index (χ2v) is 17.6. The van der Waals surface area contributed by atoms with Gasteiger partial charge in [-0.2, -0.15) is 0 Å². The van der Waals surface area contributed by atoms with E-state index in [0.717, 1.165) is 25.7 Å². The van der Waals surface area contributed by atoms with Gasteiger partial charge in [0.2, 0.25) is 5.91 Å². The van der Waals surface area contributed by atoms with E-state index in [-0.39, 0.29) is 12.5 Å². The van der Waals surface area contributed by atoms with Crippen molar-refractivity contribution in [1.29, 1.82) is 0 Å². The summed E-state index contributed by atoms with van der Waals surface area (Å²) in [5.74, 6) is -0.0287. The van der Waals surface area contributed by atoms with Crippen LogP contribution in [0.4, 0.5) is 0 Å². The van der Waals surface area contributed by atoms with Gasteiger partial charge in [-0.15, -0.1) is 0 Å². The smallest absolute Gasteiger partial charge is 0.220 e. The lowest BCUT2D eigenvalue weighted by molar-refractivity contribution is -0.123. The second kappa shape index (κ2) is 47.5. The molecular weight excluding hydrogens is 675 g/mol. The number of unbranched alkanes of at least 4 members (excludes halogenated alkanes) is 38. The van der Waals surface area contributed by atoms with Crippen LogP contribution in [0.2, 0.25) is 0 Å². The van der Waals surface area contributed by atoms with Crippen LogP contribution in [0.1, 0.15) is 290 Å². The second-order valence-electron chi connectivity index (χ2n) is 17.6. The molecule has 0 aromatic heterocycles. The zero-order valence-corrected chi connectivity index (χ0v) is 37.7. The van der Waals surface area contributed by atoms with Crippen molar-refractivity contribution in [3.8, 4) is 0 Å². The molecule has 2 atom stereocenters. The van der Waals surface area contributed by atoms with Gasteiger partial charge in [-0.25, -0.2) is 0 Å². The molecule has 0 aliphatic heterocycles. The minimum absolute atomic E-state index is 0.0287. The SMILES string of the molecule is CCCCCCCCCC/C=C\CCCCCCCCCCCC(=O)NC(CO)C(O)CCCCCCCCCCCCCCCCCCCCCCCC. The van der Waals surface area contributed by atoms with Crippen LogP contribution in [-0.4, -0.2) is 34.9 Å². The lowest BCUT2D eigenvalue weighted by atomic mass is 10.0. The van der Waals surface area contributed by atoms with Crippen LogP contribution >= 0.6 is 0 Å². The molecule has 55 heavy (non-hydrogen) atoms. The van der Waals surface area contributed by atoms with Gasteiger partial charge in [-0.05, 0) is 38.5 Å². The van der Waals surface area contributed by atoms with Crippen LogP contribution in [-0.2, 0) is 4.79 Å². The molecule has 0 aromatic rings. The molecule has 1 amide bonds. The van der Waals surface area contributed by atoms with Gasteiger partial charge >= 0.3 is 0 Å². The van der Waals surface area contributed by atoms with Gasteiger partial charge in [0.05, 0.1) is 18.8 Å². The predicted octanol–water partition coefficient (Wildman–Crippen LogP) is 16.2. The third-order valence-corrected chi connectivity index (χ3v) is 12.0. The summed E-state index contributed by atoms with van der Waals surface area (Å²) in [4.78, 5) is 12.5. The highest BCUT2D eigenvalue weighted by Gasteiger charge is 2.20. The zero-order chi connectivity index (χ0) is 40.0. The van der Waals surface area contributed by atoms with Crippen LogP contribution in [0.25, 0.3) is 0 Å². The Morgan fingerprint density at radius 1 is 0.418 bits per heavy atom. The number of aliphatic hydroxyl groups is 2. The first-order chi connectivity index (χ1) is 27.2. The number of amides is 1. The highest BCUT2D eigenvalue weighted by Crippen LogP contribution is 2.17. The lowest BCUT2D eigenvalue weighted by Gasteiger charge is -2.22. The lowest BCUT2D eigenvalue weighted by Crippen LogP contribution is -2.45. The summed E-state index contributed by atoms with van der Waals surface area (Å²) in [6, 6.07) is -0.534. The van der Waals surface area contributed by atoms with Gasteiger partial charge in [-0.1, -0.05) is 257 Å². The first-order valence-corrected chi connectivity index (χ1v) is 25.4. The molecule has 0 aliphatic carbocycles. The van der Waals surface area contributed by atoms with E-state index in [0.29, 0.717) is 12.8 Å². The topological polar surface area (TPSA) is 69.6 Å².